The minimum atomic E-state index is -0.272. The van der Waals surface area contributed by atoms with Gasteiger partial charge >= 0.3 is 0 Å². The summed E-state index contributed by atoms with van der Waals surface area (Å²) in [5.74, 6) is -0.305. The second kappa shape index (κ2) is 6.24. The number of benzene rings is 2. The number of carbonyl (C=O) groups excluding carboxylic acids is 1. The Morgan fingerprint density at radius 2 is 1.83 bits per heavy atom. The summed E-state index contributed by atoms with van der Waals surface area (Å²) in [6.45, 7) is 2.44. The van der Waals surface area contributed by atoms with E-state index < -0.39 is 0 Å². The first-order chi connectivity index (χ1) is 11.1. The van der Waals surface area contributed by atoms with Crippen molar-refractivity contribution >= 4 is 16.8 Å². The number of nitrogens with one attached hydrogen (secondary N) is 1. The molecule has 0 saturated heterocycles. The van der Waals surface area contributed by atoms with Crippen molar-refractivity contribution in [3.63, 3.8) is 0 Å². The SMILES string of the molecule is Cc1c(CC(=O)NCc2ccc(F)cc2)c2ccccc2n1C. The molecule has 1 heterocycles. The summed E-state index contributed by atoms with van der Waals surface area (Å²) >= 11 is 0. The number of halogens is 1. The zero-order chi connectivity index (χ0) is 16.4. The highest BCUT2D eigenvalue weighted by molar-refractivity contribution is 5.90. The van der Waals surface area contributed by atoms with Gasteiger partial charge in [-0.2, -0.15) is 0 Å². The zero-order valence-electron chi connectivity index (χ0n) is 13.3. The molecule has 0 aliphatic carbocycles. The molecule has 4 heteroatoms. The molecule has 1 N–H and O–H groups in total. The van der Waals surface area contributed by atoms with E-state index in [0.29, 0.717) is 13.0 Å². The Morgan fingerprint density at radius 3 is 2.57 bits per heavy atom. The molecule has 2 aromatic carbocycles. The van der Waals surface area contributed by atoms with Crippen molar-refractivity contribution in [3.05, 3.63) is 71.2 Å². The minimum Gasteiger partial charge on any atom is -0.352 e. The predicted molar refractivity (Wildman–Crippen MR) is 89.6 cm³/mol. The van der Waals surface area contributed by atoms with Gasteiger partial charge in [0.25, 0.3) is 0 Å². The van der Waals surface area contributed by atoms with Gasteiger partial charge in [-0.1, -0.05) is 30.3 Å². The number of aromatic nitrogens is 1. The van der Waals surface area contributed by atoms with Crippen molar-refractivity contribution in [1.82, 2.24) is 9.88 Å². The number of fused-ring (bicyclic) bond motifs is 1. The van der Waals surface area contributed by atoms with Gasteiger partial charge in [-0.05, 0) is 36.2 Å². The number of rotatable bonds is 4. The molecular weight excluding hydrogens is 291 g/mol. The van der Waals surface area contributed by atoms with Crippen LogP contribution in [0.25, 0.3) is 10.9 Å². The van der Waals surface area contributed by atoms with Gasteiger partial charge in [0.1, 0.15) is 5.82 Å². The van der Waals surface area contributed by atoms with Gasteiger partial charge in [-0.25, -0.2) is 4.39 Å². The lowest BCUT2D eigenvalue weighted by Gasteiger charge is -2.06. The molecule has 0 saturated carbocycles. The van der Waals surface area contributed by atoms with Gasteiger partial charge in [0.15, 0.2) is 0 Å². The van der Waals surface area contributed by atoms with Crippen LogP contribution in [0, 0.1) is 12.7 Å². The Balaban J connectivity index is 1.73. The Bertz CT molecular complexity index is 850. The van der Waals surface area contributed by atoms with Crippen LogP contribution in [-0.4, -0.2) is 10.5 Å². The fourth-order valence-electron chi connectivity index (χ4n) is 2.85. The fourth-order valence-corrected chi connectivity index (χ4v) is 2.85. The third-order valence-corrected chi connectivity index (χ3v) is 4.27. The van der Waals surface area contributed by atoms with E-state index in [2.05, 4.69) is 16.0 Å². The molecule has 0 bridgehead atoms. The number of amides is 1. The highest BCUT2D eigenvalue weighted by atomic mass is 19.1. The maximum absolute atomic E-state index is 12.9. The first kappa shape index (κ1) is 15.3. The van der Waals surface area contributed by atoms with E-state index in [9.17, 15) is 9.18 Å². The second-order valence-electron chi connectivity index (χ2n) is 5.72. The Morgan fingerprint density at radius 1 is 1.13 bits per heavy atom. The molecule has 0 aliphatic rings. The molecule has 3 aromatic rings. The van der Waals surface area contributed by atoms with E-state index >= 15 is 0 Å². The van der Waals surface area contributed by atoms with E-state index in [4.69, 9.17) is 0 Å². The molecule has 1 amide bonds. The van der Waals surface area contributed by atoms with Crippen LogP contribution in [0.3, 0.4) is 0 Å². The molecular formula is C19H19FN2O. The molecule has 0 fully saturated rings. The van der Waals surface area contributed by atoms with E-state index in [1.165, 1.54) is 12.1 Å². The molecule has 3 nitrogen and oxygen atoms in total. The van der Waals surface area contributed by atoms with Crippen molar-refractivity contribution in [2.45, 2.75) is 19.9 Å². The van der Waals surface area contributed by atoms with Crippen LogP contribution in [0.15, 0.2) is 48.5 Å². The first-order valence-corrected chi connectivity index (χ1v) is 7.60. The Hall–Kier alpha value is -2.62. The summed E-state index contributed by atoms with van der Waals surface area (Å²) in [5, 5.41) is 4.01. The van der Waals surface area contributed by atoms with Crippen molar-refractivity contribution in [2.75, 3.05) is 0 Å². The lowest BCUT2D eigenvalue weighted by atomic mass is 10.1. The summed E-state index contributed by atoms with van der Waals surface area (Å²) in [6, 6.07) is 14.2. The summed E-state index contributed by atoms with van der Waals surface area (Å²) in [5.41, 5.74) is 4.17. The Kier molecular flexibility index (Phi) is 4.15. The summed E-state index contributed by atoms with van der Waals surface area (Å²) in [4.78, 5) is 12.3. The van der Waals surface area contributed by atoms with Gasteiger partial charge in [-0.3, -0.25) is 4.79 Å². The zero-order valence-corrected chi connectivity index (χ0v) is 13.3. The summed E-state index contributed by atoms with van der Waals surface area (Å²) in [7, 11) is 2.01. The molecule has 23 heavy (non-hydrogen) atoms. The van der Waals surface area contributed by atoms with Gasteiger partial charge in [0, 0.05) is 30.2 Å². The maximum Gasteiger partial charge on any atom is 0.224 e. The van der Waals surface area contributed by atoms with Crippen LogP contribution in [0.1, 0.15) is 16.8 Å². The third kappa shape index (κ3) is 3.11. The van der Waals surface area contributed by atoms with Crippen molar-refractivity contribution in [3.8, 4) is 0 Å². The fraction of sp³-hybridized carbons (Fsp3) is 0.211. The van der Waals surface area contributed by atoms with Crippen molar-refractivity contribution < 1.29 is 9.18 Å². The number of aryl methyl sites for hydroxylation is 1. The van der Waals surface area contributed by atoms with Gasteiger partial charge in [0.05, 0.1) is 6.42 Å². The monoisotopic (exact) mass is 310 g/mol. The minimum absolute atomic E-state index is 0.0335. The van der Waals surface area contributed by atoms with Gasteiger partial charge < -0.3 is 9.88 Å². The molecule has 0 spiro atoms. The van der Waals surface area contributed by atoms with Crippen LogP contribution in [0.4, 0.5) is 4.39 Å². The number of carbonyl (C=O) groups is 1. The molecule has 118 valence electrons. The normalized spacial score (nSPS) is 10.9. The van der Waals surface area contributed by atoms with Gasteiger partial charge in [-0.15, -0.1) is 0 Å². The number of nitrogens with zero attached hydrogens (tertiary/aromatic N) is 1. The third-order valence-electron chi connectivity index (χ3n) is 4.27. The number of hydrogen-bond donors (Lipinski definition) is 1. The van der Waals surface area contributed by atoms with E-state index in [-0.39, 0.29) is 11.7 Å². The van der Waals surface area contributed by atoms with Gasteiger partial charge in [0.2, 0.25) is 5.91 Å². The molecule has 1 aromatic heterocycles. The average Bonchev–Trinajstić information content (AvgIpc) is 2.80. The maximum atomic E-state index is 12.9. The quantitative estimate of drug-likeness (QED) is 0.786. The smallest absolute Gasteiger partial charge is 0.224 e. The predicted octanol–water partition coefficient (Wildman–Crippen LogP) is 3.48. The van der Waals surface area contributed by atoms with E-state index in [0.717, 1.165) is 27.7 Å². The van der Waals surface area contributed by atoms with E-state index in [1.54, 1.807) is 12.1 Å². The van der Waals surface area contributed by atoms with Crippen LogP contribution in [-0.2, 0) is 24.8 Å². The highest BCUT2D eigenvalue weighted by Gasteiger charge is 2.14. The largest absolute Gasteiger partial charge is 0.352 e. The molecule has 0 unspecified atom stereocenters. The lowest BCUT2D eigenvalue weighted by Crippen LogP contribution is -2.24. The van der Waals surface area contributed by atoms with Crippen LogP contribution >= 0.6 is 0 Å². The number of para-hydroxylation sites is 1. The summed E-state index contributed by atoms with van der Waals surface area (Å²) in [6.07, 6.45) is 0.342. The molecule has 0 radical (unpaired) electrons. The second-order valence-corrected chi connectivity index (χ2v) is 5.72. The Labute approximate surface area is 134 Å². The molecule has 0 atom stereocenters. The van der Waals surface area contributed by atoms with Crippen molar-refractivity contribution in [1.29, 1.82) is 0 Å². The standard InChI is InChI=1S/C19H19FN2O/c1-13-17(16-5-3-4-6-18(16)22(13)2)11-19(23)21-12-14-7-9-15(20)10-8-14/h3-10H,11-12H2,1-2H3,(H,21,23). The molecule has 3 rings (SSSR count). The topological polar surface area (TPSA) is 34.0 Å². The first-order valence-electron chi connectivity index (χ1n) is 7.60. The van der Waals surface area contributed by atoms with E-state index in [1.807, 2.05) is 32.2 Å². The number of hydrogen-bond acceptors (Lipinski definition) is 1. The van der Waals surface area contributed by atoms with Crippen LogP contribution < -0.4 is 5.32 Å². The molecule has 0 aliphatic heterocycles. The van der Waals surface area contributed by atoms with Crippen LogP contribution in [0.5, 0.6) is 0 Å². The van der Waals surface area contributed by atoms with Crippen LogP contribution in [0.2, 0.25) is 0 Å². The average molecular weight is 310 g/mol. The highest BCUT2D eigenvalue weighted by Crippen LogP contribution is 2.25. The summed E-state index contributed by atoms with van der Waals surface area (Å²) < 4.78 is 15.0. The van der Waals surface area contributed by atoms with Crippen molar-refractivity contribution in [2.24, 2.45) is 7.05 Å². The lowest BCUT2D eigenvalue weighted by molar-refractivity contribution is -0.120.